The number of likely N-dealkylation sites (N-methyl/N-ethyl adjacent to an activating group) is 1. The Bertz CT molecular complexity index is 828. The van der Waals surface area contributed by atoms with E-state index in [-0.39, 0.29) is 17.9 Å². The van der Waals surface area contributed by atoms with E-state index >= 15 is 0 Å². The van der Waals surface area contributed by atoms with Crippen LogP contribution in [-0.4, -0.2) is 66.3 Å². The van der Waals surface area contributed by atoms with Crippen molar-refractivity contribution in [2.24, 2.45) is 0 Å². The van der Waals surface area contributed by atoms with Crippen LogP contribution in [0.3, 0.4) is 0 Å². The van der Waals surface area contributed by atoms with Crippen LogP contribution in [0, 0.1) is 0 Å². The van der Waals surface area contributed by atoms with Gasteiger partial charge in [0.15, 0.2) is 0 Å². The molecule has 1 aromatic heterocycles. The fourth-order valence-electron chi connectivity index (χ4n) is 4.27. The number of thiophene rings is 1. The second-order valence-corrected chi connectivity index (χ2v) is 8.60. The molecule has 4 rings (SSSR count). The molecule has 1 saturated heterocycles. The normalized spacial score (nSPS) is 19.9. The Balaban J connectivity index is 1.32. The topological polar surface area (TPSA) is 43.9 Å². The van der Waals surface area contributed by atoms with Crippen LogP contribution in [0.5, 0.6) is 0 Å². The van der Waals surface area contributed by atoms with E-state index < -0.39 is 0 Å². The molecule has 2 aromatic rings. The Morgan fingerprint density at radius 3 is 2.64 bits per heavy atom. The number of amides is 2. The van der Waals surface area contributed by atoms with E-state index in [1.165, 1.54) is 22.5 Å². The van der Waals surface area contributed by atoms with Crippen molar-refractivity contribution in [2.75, 3.05) is 39.8 Å². The minimum Gasteiger partial charge on any atom is -0.338 e. The van der Waals surface area contributed by atoms with Crippen LogP contribution in [0.15, 0.2) is 41.8 Å². The maximum Gasteiger partial charge on any atom is 0.264 e. The summed E-state index contributed by atoms with van der Waals surface area (Å²) >= 11 is 1.48. The average Bonchev–Trinajstić information content (AvgIpc) is 3.28. The molecule has 148 valence electrons. The van der Waals surface area contributed by atoms with Crippen molar-refractivity contribution < 1.29 is 9.59 Å². The second-order valence-electron chi connectivity index (χ2n) is 7.66. The monoisotopic (exact) mass is 397 g/mol. The molecule has 0 saturated carbocycles. The van der Waals surface area contributed by atoms with Gasteiger partial charge >= 0.3 is 0 Å². The standard InChI is InChI=1S/C22H27N3O2S/c1-23(19-9-4-7-17-6-2-3-8-18(17)19)21(26)16-24-11-13-25(14-12-24)22(27)20-10-5-15-28-20/h2-3,5-6,8,10,15,19H,4,7,9,11-14,16H2,1H3. The van der Waals surface area contributed by atoms with Gasteiger partial charge in [0.2, 0.25) is 5.91 Å². The Hall–Kier alpha value is -2.18. The summed E-state index contributed by atoms with van der Waals surface area (Å²) in [5.41, 5.74) is 2.68. The lowest BCUT2D eigenvalue weighted by atomic mass is 9.87. The van der Waals surface area contributed by atoms with Crippen molar-refractivity contribution in [1.82, 2.24) is 14.7 Å². The van der Waals surface area contributed by atoms with Gasteiger partial charge in [0.25, 0.3) is 5.91 Å². The summed E-state index contributed by atoms with van der Waals surface area (Å²) in [4.78, 5) is 32.2. The number of carbonyl (C=O) groups excluding carboxylic acids is 2. The number of piperazine rings is 1. The summed E-state index contributed by atoms with van der Waals surface area (Å²) < 4.78 is 0. The number of hydrogen-bond donors (Lipinski definition) is 0. The first-order valence-electron chi connectivity index (χ1n) is 10.0. The van der Waals surface area contributed by atoms with Gasteiger partial charge in [-0.2, -0.15) is 0 Å². The third-order valence-electron chi connectivity index (χ3n) is 5.95. The van der Waals surface area contributed by atoms with Crippen molar-refractivity contribution in [1.29, 1.82) is 0 Å². The van der Waals surface area contributed by atoms with Gasteiger partial charge in [0, 0.05) is 33.2 Å². The fourth-order valence-corrected chi connectivity index (χ4v) is 4.96. The number of carbonyl (C=O) groups is 2. The molecular formula is C22H27N3O2S. The lowest BCUT2D eigenvalue weighted by Gasteiger charge is -2.37. The van der Waals surface area contributed by atoms with Gasteiger partial charge in [-0.05, 0) is 41.8 Å². The molecule has 1 atom stereocenters. The van der Waals surface area contributed by atoms with Gasteiger partial charge in [-0.25, -0.2) is 0 Å². The van der Waals surface area contributed by atoms with Crippen molar-refractivity contribution in [3.8, 4) is 0 Å². The quantitative estimate of drug-likeness (QED) is 0.797. The SMILES string of the molecule is CN(C(=O)CN1CCN(C(=O)c2cccs2)CC1)C1CCCc2ccccc21. The van der Waals surface area contributed by atoms with Crippen LogP contribution in [0.2, 0.25) is 0 Å². The third kappa shape index (κ3) is 3.98. The maximum atomic E-state index is 12.9. The molecule has 0 spiro atoms. The van der Waals surface area contributed by atoms with Crippen molar-refractivity contribution >= 4 is 23.2 Å². The third-order valence-corrected chi connectivity index (χ3v) is 6.81. The Kier molecular flexibility index (Phi) is 5.78. The summed E-state index contributed by atoms with van der Waals surface area (Å²) in [6, 6.07) is 12.5. The second kappa shape index (κ2) is 8.45. The van der Waals surface area contributed by atoms with E-state index in [1.807, 2.05) is 34.4 Å². The molecule has 2 heterocycles. The molecule has 1 unspecified atom stereocenters. The maximum absolute atomic E-state index is 12.9. The highest BCUT2D eigenvalue weighted by Crippen LogP contribution is 2.33. The lowest BCUT2D eigenvalue weighted by Crippen LogP contribution is -2.51. The molecule has 0 N–H and O–H groups in total. The Morgan fingerprint density at radius 1 is 1.11 bits per heavy atom. The summed E-state index contributed by atoms with van der Waals surface area (Å²) in [7, 11) is 1.94. The largest absolute Gasteiger partial charge is 0.338 e. The molecule has 1 aromatic carbocycles. The zero-order valence-corrected chi connectivity index (χ0v) is 17.2. The minimum atomic E-state index is 0.108. The van der Waals surface area contributed by atoms with Gasteiger partial charge in [-0.15, -0.1) is 11.3 Å². The molecule has 2 amide bonds. The zero-order valence-electron chi connectivity index (χ0n) is 16.3. The van der Waals surface area contributed by atoms with Crippen LogP contribution in [0.25, 0.3) is 0 Å². The fraction of sp³-hybridized carbons (Fsp3) is 0.455. The number of fused-ring (bicyclic) bond motifs is 1. The predicted octanol–water partition coefficient (Wildman–Crippen LogP) is 3.04. The average molecular weight is 398 g/mol. The Morgan fingerprint density at radius 2 is 1.89 bits per heavy atom. The molecule has 0 bridgehead atoms. The van der Waals surface area contributed by atoms with E-state index in [0.717, 1.165) is 37.2 Å². The van der Waals surface area contributed by atoms with Gasteiger partial charge in [0.1, 0.15) is 0 Å². The minimum absolute atomic E-state index is 0.108. The molecule has 1 aliphatic heterocycles. The highest BCUT2D eigenvalue weighted by atomic mass is 32.1. The predicted molar refractivity (Wildman–Crippen MR) is 112 cm³/mol. The smallest absolute Gasteiger partial charge is 0.264 e. The Labute approximate surface area is 170 Å². The molecule has 0 radical (unpaired) electrons. The van der Waals surface area contributed by atoms with E-state index in [0.29, 0.717) is 19.6 Å². The summed E-state index contributed by atoms with van der Waals surface area (Å²) in [6.07, 6.45) is 3.26. The number of benzene rings is 1. The first-order valence-corrected chi connectivity index (χ1v) is 10.9. The van der Waals surface area contributed by atoms with E-state index in [2.05, 4.69) is 29.2 Å². The molecule has 1 fully saturated rings. The van der Waals surface area contributed by atoms with Crippen LogP contribution in [0.1, 0.15) is 39.7 Å². The van der Waals surface area contributed by atoms with Gasteiger partial charge in [-0.1, -0.05) is 30.3 Å². The van der Waals surface area contributed by atoms with Crippen LogP contribution in [-0.2, 0) is 11.2 Å². The van der Waals surface area contributed by atoms with Crippen molar-refractivity contribution in [3.63, 3.8) is 0 Å². The molecule has 2 aliphatic rings. The van der Waals surface area contributed by atoms with E-state index in [4.69, 9.17) is 0 Å². The first kappa shape index (κ1) is 19.2. The number of aryl methyl sites for hydroxylation is 1. The summed E-state index contributed by atoms with van der Waals surface area (Å²) in [5.74, 6) is 0.275. The number of hydrogen-bond acceptors (Lipinski definition) is 4. The lowest BCUT2D eigenvalue weighted by molar-refractivity contribution is -0.134. The van der Waals surface area contributed by atoms with Crippen LogP contribution >= 0.6 is 11.3 Å². The molecular weight excluding hydrogens is 370 g/mol. The van der Waals surface area contributed by atoms with Crippen molar-refractivity contribution in [2.45, 2.75) is 25.3 Å². The molecule has 1 aliphatic carbocycles. The molecule has 6 heteroatoms. The van der Waals surface area contributed by atoms with Crippen molar-refractivity contribution in [3.05, 3.63) is 57.8 Å². The van der Waals surface area contributed by atoms with Gasteiger partial charge in [0.05, 0.1) is 17.5 Å². The molecule has 5 nitrogen and oxygen atoms in total. The number of rotatable bonds is 4. The van der Waals surface area contributed by atoms with Crippen LogP contribution < -0.4 is 0 Å². The highest BCUT2D eigenvalue weighted by molar-refractivity contribution is 7.12. The van der Waals surface area contributed by atoms with E-state index in [1.54, 1.807) is 0 Å². The molecule has 28 heavy (non-hydrogen) atoms. The van der Waals surface area contributed by atoms with Gasteiger partial charge < -0.3 is 9.80 Å². The first-order chi connectivity index (χ1) is 13.6. The number of nitrogens with zero attached hydrogens (tertiary/aromatic N) is 3. The van der Waals surface area contributed by atoms with E-state index in [9.17, 15) is 9.59 Å². The van der Waals surface area contributed by atoms with Crippen LogP contribution in [0.4, 0.5) is 0 Å². The highest BCUT2D eigenvalue weighted by Gasteiger charge is 2.29. The van der Waals surface area contributed by atoms with Gasteiger partial charge in [-0.3, -0.25) is 14.5 Å². The summed E-state index contributed by atoms with van der Waals surface area (Å²) in [6.45, 7) is 3.28. The zero-order chi connectivity index (χ0) is 19.5. The summed E-state index contributed by atoms with van der Waals surface area (Å²) in [5, 5.41) is 1.93.